The highest BCUT2D eigenvalue weighted by Gasteiger charge is 2.19. The van der Waals surface area contributed by atoms with E-state index in [1.165, 1.54) is 148 Å². The van der Waals surface area contributed by atoms with E-state index in [0.717, 1.165) is 77.0 Å². The van der Waals surface area contributed by atoms with Crippen LogP contribution in [-0.4, -0.2) is 37.2 Å². The van der Waals surface area contributed by atoms with E-state index in [0.29, 0.717) is 19.3 Å². The van der Waals surface area contributed by atoms with E-state index in [1.54, 1.807) is 0 Å². The Bertz CT molecular complexity index is 1240. The molecule has 0 aliphatic carbocycles. The summed E-state index contributed by atoms with van der Waals surface area (Å²) < 4.78 is 16.8. The summed E-state index contributed by atoms with van der Waals surface area (Å²) in [4.78, 5) is 38.1. The minimum Gasteiger partial charge on any atom is -0.462 e. The molecule has 0 saturated carbocycles. The molecular formula is C60H104O6. The fraction of sp³-hybridized carbons (Fsp3) is 0.750. The molecule has 0 fully saturated rings. The molecule has 1 unspecified atom stereocenters. The zero-order chi connectivity index (χ0) is 47.9. The Morgan fingerprint density at radius 2 is 0.606 bits per heavy atom. The second kappa shape index (κ2) is 54.5. The summed E-state index contributed by atoms with van der Waals surface area (Å²) in [6.07, 6.45) is 69.0. The molecule has 6 heteroatoms. The Morgan fingerprint density at radius 1 is 0.318 bits per heavy atom. The van der Waals surface area contributed by atoms with Crippen LogP contribution in [0.3, 0.4) is 0 Å². The van der Waals surface area contributed by atoms with Crippen molar-refractivity contribution in [3.63, 3.8) is 0 Å². The molecule has 0 N–H and O–H groups in total. The molecule has 6 nitrogen and oxygen atoms in total. The van der Waals surface area contributed by atoms with Crippen molar-refractivity contribution < 1.29 is 28.6 Å². The van der Waals surface area contributed by atoms with Gasteiger partial charge in [-0.3, -0.25) is 14.4 Å². The van der Waals surface area contributed by atoms with E-state index in [1.807, 2.05) is 0 Å². The number of carbonyl (C=O) groups is 3. The Balaban J connectivity index is 4.43. The van der Waals surface area contributed by atoms with Gasteiger partial charge in [0.2, 0.25) is 0 Å². The van der Waals surface area contributed by atoms with Gasteiger partial charge >= 0.3 is 17.9 Å². The number of hydrogen-bond donors (Lipinski definition) is 0. The van der Waals surface area contributed by atoms with Crippen LogP contribution in [0.5, 0.6) is 0 Å². The van der Waals surface area contributed by atoms with Crippen molar-refractivity contribution in [1.29, 1.82) is 0 Å². The maximum atomic E-state index is 12.8. The maximum Gasteiger partial charge on any atom is 0.306 e. The molecule has 0 heterocycles. The smallest absolute Gasteiger partial charge is 0.306 e. The number of esters is 3. The maximum absolute atomic E-state index is 12.8. The first kappa shape index (κ1) is 62.8. The normalized spacial score (nSPS) is 12.6. The van der Waals surface area contributed by atoms with Gasteiger partial charge in [-0.05, 0) is 83.5 Å². The number of hydrogen-bond acceptors (Lipinski definition) is 6. The average Bonchev–Trinajstić information content (AvgIpc) is 3.31. The quantitative estimate of drug-likeness (QED) is 0.0262. The Labute approximate surface area is 408 Å². The van der Waals surface area contributed by atoms with Gasteiger partial charge in [0.15, 0.2) is 6.10 Å². The molecule has 0 aromatic rings. The van der Waals surface area contributed by atoms with Crippen LogP contribution in [0.1, 0.15) is 271 Å². The van der Waals surface area contributed by atoms with Crippen molar-refractivity contribution in [1.82, 2.24) is 0 Å². The number of carbonyl (C=O) groups excluding carboxylic acids is 3. The van der Waals surface area contributed by atoms with Crippen LogP contribution in [0.15, 0.2) is 72.9 Å². The summed E-state index contributed by atoms with van der Waals surface area (Å²) in [5.41, 5.74) is 0. The summed E-state index contributed by atoms with van der Waals surface area (Å²) in [6, 6.07) is 0. The largest absolute Gasteiger partial charge is 0.462 e. The van der Waals surface area contributed by atoms with Gasteiger partial charge in [0, 0.05) is 19.3 Å². The fourth-order valence-corrected chi connectivity index (χ4v) is 7.77. The highest BCUT2D eigenvalue weighted by atomic mass is 16.6. The van der Waals surface area contributed by atoms with Crippen LogP contribution < -0.4 is 0 Å². The SMILES string of the molecule is CC/C=C\C/C=C\C/C=C\C/C=C\C/C=C\CCCC(=O)OC(COC(=O)CCCCCCCCC/C=C\CCCCCCCCCC)COC(=O)CCCCCCCCCCCCCC. The molecule has 380 valence electrons. The molecule has 0 aliphatic rings. The third-order valence-corrected chi connectivity index (χ3v) is 11.9. The molecule has 0 aromatic heterocycles. The first-order valence-electron chi connectivity index (χ1n) is 27.9. The summed E-state index contributed by atoms with van der Waals surface area (Å²) in [7, 11) is 0. The van der Waals surface area contributed by atoms with Gasteiger partial charge in [0.1, 0.15) is 13.2 Å². The van der Waals surface area contributed by atoms with Crippen LogP contribution in [-0.2, 0) is 28.6 Å². The third-order valence-electron chi connectivity index (χ3n) is 11.9. The van der Waals surface area contributed by atoms with Gasteiger partial charge < -0.3 is 14.2 Å². The van der Waals surface area contributed by atoms with E-state index >= 15 is 0 Å². The van der Waals surface area contributed by atoms with Crippen molar-refractivity contribution >= 4 is 17.9 Å². The molecule has 0 aliphatic heterocycles. The lowest BCUT2D eigenvalue weighted by atomic mass is 10.0. The van der Waals surface area contributed by atoms with Crippen molar-refractivity contribution in [2.45, 2.75) is 277 Å². The summed E-state index contributed by atoms with van der Waals surface area (Å²) in [6.45, 7) is 6.49. The van der Waals surface area contributed by atoms with E-state index in [4.69, 9.17) is 14.2 Å². The average molecular weight is 921 g/mol. The second-order valence-electron chi connectivity index (χ2n) is 18.5. The van der Waals surface area contributed by atoms with Crippen molar-refractivity contribution in [3.05, 3.63) is 72.9 Å². The predicted octanol–water partition coefficient (Wildman–Crippen LogP) is 18.6. The van der Waals surface area contributed by atoms with Crippen molar-refractivity contribution in [2.24, 2.45) is 0 Å². The zero-order valence-electron chi connectivity index (χ0n) is 43.4. The monoisotopic (exact) mass is 921 g/mol. The predicted molar refractivity (Wildman–Crippen MR) is 284 cm³/mol. The van der Waals surface area contributed by atoms with Gasteiger partial charge in [-0.25, -0.2) is 0 Å². The number of allylic oxidation sites excluding steroid dienone is 12. The standard InChI is InChI=1S/C60H104O6/c1-4-7-10-13-16-19-22-25-27-29-30-32-33-35-38-41-44-47-50-53-59(62)65-56-57(55-64-58(61)52-49-46-43-40-37-24-21-18-15-12-9-6-3)66-60(63)54-51-48-45-42-39-36-34-31-28-26-23-20-17-14-11-8-5-2/h8,11,17,20,26,28-30,34,36,42,45,57H,4-7,9-10,12-16,18-19,21-25,27,31-33,35,37-41,43-44,46-56H2,1-3H3/b11-8-,20-17-,28-26-,30-29-,36-34-,45-42-. The summed E-state index contributed by atoms with van der Waals surface area (Å²) in [5.74, 6) is -0.954. The lowest BCUT2D eigenvalue weighted by molar-refractivity contribution is -0.167. The zero-order valence-corrected chi connectivity index (χ0v) is 43.4. The first-order valence-corrected chi connectivity index (χ1v) is 27.9. The molecule has 0 saturated heterocycles. The lowest BCUT2D eigenvalue weighted by Crippen LogP contribution is -2.30. The Kier molecular flexibility index (Phi) is 51.9. The Hall–Kier alpha value is -3.15. The molecule has 66 heavy (non-hydrogen) atoms. The molecule has 0 spiro atoms. The van der Waals surface area contributed by atoms with E-state index in [2.05, 4.69) is 93.7 Å². The van der Waals surface area contributed by atoms with Gasteiger partial charge in [0.25, 0.3) is 0 Å². The molecule has 0 aromatic carbocycles. The first-order chi connectivity index (χ1) is 32.5. The number of ether oxygens (including phenoxy) is 3. The number of unbranched alkanes of at least 4 members (excludes halogenated alkanes) is 27. The minimum absolute atomic E-state index is 0.0973. The molecular weight excluding hydrogens is 817 g/mol. The van der Waals surface area contributed by atoms with Crippen molar-refractivity contribution in [3.8, 4) is 0 Å². The number of rotatable bonds is 50. The van der Waals surface area contributed by atoms with Crippen LogP contribution in [0.2, 0.25) is 0 Å². The second-order valence-corrected chi connectivity index (χ2v) is 18.5. The van der Waals surface area contributed by atoms with Gasteiger partial charge in [-0.15, -0.1) is 0 Å². The van der Waals surface area contributed by atoms with Gasteiger partial charge in [0.05, 0.1) is 0 Å². The molecule has 0 radical (unpaired) electrons. The van der Waals surface area contributed by atoms with Gasteiger partial charge in [-0.2, -0.15) is 0 Å². The molecule has 0 bridgehead atoms. The third kappa shape index (κ3) is 51.8. The van der Waals surface area contributed by atoms with E-state index < -0.39 is 6.10 Å². The lowest BCUT2D eigenvalue weighted by Gasteiger charge is -2.18. The summed E-state index contributed by atoms with van der Waals surface area (Å²) in [5, 5.41) is 0. The van der Waals surface area contributed by atoms with Gasteiger partial charge in [-0.1, -0.05) is 241 Å². The highest BCUT2D eigenvalue weighted by Crippen LogP contribution is 2.15. The highest BCUT2D eigenvalue weighted by molar-refractivity contribution is 5.71. The van der Waals surface area contributed by atoms with Crippen molar-refractivity contribution in [2.75, 3.05) is 13.2 Å². The molecule has 1 atom stereocenters. The van der Waals surface area contributed by atoms with Crippen LogP contribution in [0.25, 0.3) is 0 Å². The van der Waals surface area contributed by atoms with E-state index in [-0.39, 0.29) is 37.5 Å². The van der Waals surface area contributed by atoms with Crippen LogP contribution >= 0.6 is 0 Å². The molecule has 0 amide bonds. The van der Waals surface area contributed by atoms with Crippen LogP contribution in [0, 0.1) is 0 Å². The topological polar surface area (TPSA) is 78.9 Å². The summed E-state index contributed by atoms with van der Waals surface area (Å²) >= 11 is 0. The fourth-order valence-electron chi connectivity index (χ4n) is 7.77. The Morgan fingerprint density at radius 3 is 0.985 bits per heavy atom. The van der Waals surface area contributed by atoms with Crippen LogP contribution in [0.4, 0.5) is 0 Å². The van der Waals surface area contributed by atoms with E-state index in [9.17, 15) is 14.4 Å². The minimum atomic E-state index is -0.805. The molecule has 0 rings (SSSR count).